The molecule has 1 nitrogen and oxygen atoms in total. The summed E-state index contributed by atoms with van der Waals surface area (Å²) in [6, 6.07) is -4.76. The molecule has 0 aliphatic carbocycles. The Kier molecular flexibility index (Phi) is 2.71. The topological polar surface area (TPSA) is 13.1 Å². The zero-order chi connectivity index (χ0) is 51.2. The predicted octanol–water partition coefficient (Wildman–Crippen LogP) is 13.8. The summed E-state index contributed by atoms with van der Waals surface area (Å²) in [7, 11) is 0. The van der Waals surface area contributed by atoms with Crippen molar-refractivity contribution in [2.45, 2.75) is 0 Å². The van der Waals surface area contributed by atoms with E-state index in [1.165, 1.54) is 24.3 Å². The van der Waals surface area contributed by atoms with Crippen LogP contribution in [0.15, 0.2) is 174 Å². The first-order chi connectivity index (χ1) is 33.5. The molecule has 1 heterocycles. The number of benzene rings is 10. The van der Waals surface area contributed by atoms with Gasteiger partial charge in [-0.25, -0.2) is 0 Å². The number of hydrogen-bond donors (Lipinski definition) is 0. The summed E-state index contributed by atoms with van der Waals surface area (Å²) in [6.07, 6.45) is 0. The van der Waals surface area contributed by atoms with Crippen molar-refractivity contribution in [2.75, 3.05) is 0 Å². The summed E-state index contributed by atoms with van der Waals surface area (Å²) < 4.78 is 202. The van der Waals surface area contributed by atoms with Crippen LogP contribution in [0.4, 0.5) is 0 Å². The Morgan fingerprint density at radius 1 is 0.327 bits per heavy atom. The molecule has 11 rings (SSSR count). The third kappa shape index (κ3) is 3.87. The van der Waals surface area contributed by atoms with Gasteiger partial charge < -0.3 is 4.42 Å². The molecule has 10 aromatic carbocycles. The van der Waals surface area contributed by atoms with Gasteiger partial charge in [-0.15, -0.1) is 0 Å². The van der Waals surface area contributed by atoms with Crippen molar-refractivity contribution in [1.82, 2.24) is 0 Å². The van der Waals surface area contributed by atoms with Gasteiger partial charge in [0.25, 0.3) is 0 Å². The minimum atomic E-state index is -0.693. The van der Waals surface area contributed by atoms with Crippen LogP contribution < -0.4 is 0 Å². The molecule has 0 radical (unpaired) electrons. The van der Waals surface area contributed by atoms with E-state index in [1.807, 2.05) is 0 Å². The lowest BCUT2D eigenvalue weighted by atomic mass is 9.88. The van der Waals surface area contributed by atoms with Crippen LogP contribution in [0.2, 0.25) is 0 Å². The molecule has 0 spiro atoms. The quantitative estimate of drug-likeness (QED) is 0.135. The van der Waals surface area contributed by atoms with Crippen LogP contribution in [0.25, 0.3) is 109 Å². The van der Waals surface area contributed by atoms with E-state index in [9.17, 15) is 8.22 Å². The molecule has 1 heteroatoms. The van der Waals surface area contributed by atoms with E-state index in [0.717, 1.165) is 0 Å². The lowest BCUT2D eigenvalue weighted by molar-refractivity contribution is 0.669. The molecular weight excluding hydrogens is 593 g/mol. The zero-order valence-electron chi connectivity index (χ0n) is 46.9. The molecule has 0 atom stereocenters. The fourth-order valence-electron chi connectivity index (χ4n) is 6.79. The van der Waals surface area contributed by atoms with E-state index in [0.29, 0.717) is 10.8 Å². The third-order valence-electron chi connectivity index (χ3n) is 8.92. The Hall–Kier alpha value is -6.44. The molecule has 0 unspecified atom stereocenters. The Morgan fingerprint density at radius 2 is 0.735 bits per heavy atom. The summed E-state index contributed by atoms with van der Waals surface area (Å²) >= 11 is 0. The first kappa shape index (κ1) is 13.2. The second-order valence-electron chi connectivity index (χ2n) is 11.5. The van der Waals surface area contributed by atoms with E-state index in [-0.39, 0.29) is 98.1 Å². The van der Waals surface area contributed by atoms with Crippen LogP contribution in [0.3, 0.4) is 0 Å². The Balaban J connectivity index is 1.32. The van der Waals surface area contributed by atoms with Crippen molar-refractivity contribution < 1.29 is 34.6 Å². The number of fused-ring (bicyclic) bond motifs is 11. The molecule has 0 aliphatic rings. The van der Waals surface area contributed by atoms with Crippen molar-refractivity contribution >= 4 is 86.6 Å². The molecule has 0 bridgehead atoms. The average Bonchev–Trinajstić information content (AvgIpc) is 3.72. The fourth-order valence-corrected chi connectivity index (χ4v) is 6.79. The maximum Gasteiger partial charge on any atom is 0.135 e. The number of furan rings is 1. The SMILES string of the molecule is [2H]c1c([2H])c([2H])c2c([2H])c3c(c([2H])c([2H])c4c([2H])c([2H])c([2H])c([2H])c43)c(-c3ccc4oc5ccc(-c6c7c([2H])c([2H])c([2H])c([2H])c7c([2H])c7c6c([2H])c([2H])c6c([2H])c([2H])c([2H])c([2H])c67)cc5c4c3)c2c1[2H]. The van der Waals surface area contributed by atoms with Gasteiger partial charge in [0.2, 0.25) is 0 Å². The van der Waals surface area contributed by atoms with Crippen LogP contribution >= 0.6 is 0 Å². The van der Waals surface area contributed by atoms with Gasteiger partial charge in [-0.1, -0.05) is 133 Å². The molecule has 11 aromatic rings. The number of rotatable bonds is 2. The highest BCUT2D eigenvalue weighted by Gasteiger charge is 2.17. The molecule has 0 N–H and O–H groups in total. The maximum absolute atomic E-state index is 9.47. The lowest BCUT2D eigenvalue weighted by Gasteiger charge is -2.14. The van der Waals surface area contributed by atoms with Gasteiger partial charge in [0.05, 0.1) is 30.2 Å². The van der Waals surface area contributed by atoms with Gasteiger partial charge in [-0.2, -0.15) is 0 Å². The van der Waals surface area contributed by atoms with Gasteiger partial charge in [0, 0.05) is 10.8 Å². The largest absolute Gasteiger partial charge is 0.456 e. The van der Waals surface area contributed by atoms with Crippen molar-refractivity contribution in [3.05, 3.63) is 169 Å². The van der Waals surface area contributed by atoms with Gasteiger partial charge in [0.1, 0.15) is 11.2 Å². The van der Waals surface area contributed by atoms with Crippen molar-refractivity contribution in [2.24, 2.45) is 0 Å². The Morgan fingerprint density at radius 3 is 1.20 bits per heavy atom. The third-order valence-corrected chi connectivity index (χ3v) is 8.92. The van der Waals surface area contributed by atoms with E-state index in [1.54, 1.807) is 12.1 Å². The summed E-state index contributed by atoms with van der Waals surface area (Å²) in [4.78, 5) is 0. The lowest BCUT2D eigenvalue weighted by Crippen LogP contribution is -1.87. The van der Waals surface area contributed by atoms with Crippen LogP contribution in [0.1, 0.15) is 30.2 Å². The smallest absolute Gasteiger partial charge is 0.135 e. The van der Waals surface area contributed by atoms with E-state index < -0.39 is 133 Å². The van der Waals surface area contributed by atoms with Gasteiger partial charge in [0.15, 0.2) is 0 Å². The number of hydrogen-bond acceptors (Lipinski definition) is 1. The monoisotopic (exact) mass is 642 g/mol. The van der Waals surface area contributed by atoms with Crippen LogP contribution in [0, 0.1) is 0 Å². The van der Waals surface area contributed by atoms with Crippen molar-refractivity contribution in [3.63, 3.8) is 0 Å². The molecular formula is C48H28O. The van der Waals surface area contributed by atoms with Gasteiger partial charge in [-0.05, 0) is 123 Å². The normalized spacial score (nSPS) is 18.4. The molecule has 0 saturated carbocycles. The summed E-state index contributed by atoms with van der Waals surface area (Å²) in [6.45, 7) is 0. The highest BCUT2D eigenvalue weighted by Crippen LogP contribution is 2.44. The van der Waals surface area contributed by atoms with Crippen molar-refractivity contribution in [3.8, 4) is 22.3 Å². The van der Waals surface area contributed by atoms with E-state index >= 15 is 0 Å². The van der Waals surface area contributed by atoms with Crippen molar-refractivity contribution in [1.29, 1.82) is 0 Å². The van der Waals surface area contributed by atoms with Crippen LogP contribution in [-0.4, -0.2) is 0 Å². The summed E-state index contributed by atoms with van der Waals surface area (Å²) in [5, 5.41) is -2.65. The van der Waals surface area contributed by atoms with Gasteiger partial charge >= 0.3 is 0 Å². The Labute approximate surface area is 313 Å². The molecule has 0 amide bonds. The summed E-state index contributed by atoms with van der Waals surface area (Å²) in [5.74, 6) is 0. The fraction of sp³-hybridized carbons (Fsp3) is 0. The molecule has 49 heavy (non-hydrogen) atoms. The van der Waals surface area contributed by atoms with Crippen LogP contribution in [-0.2, 0) is 0 Å². The highest BCUT2D eigenvalue weighted by atomic mass is 16.3. The minimum absolute atomic E-state index is 0.0597. The highest BCUT2D eigenvalue weighted by molar-refractivity contribution is 6.23. The van der Waals surface area contributed by atoms with Gasteiger partial charge in [-0.3, -0.25) is 0 Å². The zero-order valence-corrected chi connectivity index (χ0v) is 24.9. The Bertz CT molecular complexity index is 4150. The molecule has 0 fully saturated rings. The van der Waals surface area contributed by atoms with E-state index in [4.69, 9.17) is 26.3 Å². The second-order valence-corrected chi connectivity index (χ2v) is 11.5. The first-order valence-electron chi connectivity index (χ1n) is 26.1. The minimum Gasteiger partial charge on any atom is -0.456 e. The predicted molar refractivity (Wildman–Crippen MR) is 210 cm³/mol. The molecule has 0 saturated heterocycles. The average molecular weight is 643 g/mol. The second kappa shape index (κ2) is 10.0. The van der Waals surface area contributed by atoms with E-state index in [2.05, 4.69) is 0 Å². The molecule has 1 aromatic heterocycles. The maximum atomic E-state index is 9.47. The van der Waals surface area contributed by atoms with Crippen LogP contribution in [0.5, 0.6) is 0 Å². The standard InChI is InChI=1S/C48H28O/c1-5-13-35-29(9-1)17-21-39-41(35)25-31-11-3-7-15-37(31)47(39)33-19-23-45-43(27-33)44-28-34(20-24-46(44)49-45)48-38-16-8-4-12-32(38)26-42-36-14-6-2-10-30(36)18-22-40(42)48/h1-28H/i1D,2D,3D,4D,5D,6D,7D,8D,9D,10D,11D,12D,13D,14D,15D,16D,17D,18D,21D,22D,25D,26D. The molecule has 226 valence electrons. The molecule has 0 aliphatic heterocycles. The summed E-state index contributed by atoms with van der Waals surface area (Å²) in [5.41, 5.74) is 0.696. The first-order valence-corrected chi connectivity index (χ1v) is 15.1.